The molecule has 0 aliphatic heterocycles. The van der Waals surface area contributed by atoms with Crippen molar-refractivity contribution in [3.63, 3.8) is 0 Å². The van der Waals surface area contributed by atoms with E-state index in [9.17, 15) is 4.79 Å². The van der Waals surface area contributed by atoms with Crippen LogP contribution in [0.3, 0.4) is 0 Å². The van der Waals surface area contributed by atoms with E-state index in [0.717, 1.165) is 12.8 Å². The Morgan fingerprint density at radius 3 is 2.69 bits per heavy atom. The SMILES string of the molecule is O=C(c1ccccc1)c1nnnn1C1CC1. The van der Waals surface area contributed by atoms with Crippen molar-refractivity contribution in [2.24, 2.45) is 0 Å². The molecule has 5 nitrogen and oxygen atoms in total. The summed E-state index contributed by atoms with van der Waals surface area (Å²) in [5.41, 5.74) is 0.624. The summed E-state index contributed by atoms with van der Waals surface area (Å²) >= 11 is 0. The van der Waals surface area contributed by atoms with Gasteiger partial charge in [0.05, 0.1) is 6.04 Å². The van der Waals surface area contributed by atoms with Crippen LogP contribution in [0.25, 0.3) is 0 Å². The number of hydrogen-bond acceptors (Lipinski definition) is 4. The first-order valence-corrected chi connectivity index (χ1v) is 5.24. The van der Waals surface area contributed by atoms with Crippen molar-refractivity contribution >= 4 is 5.78 Å². The fourth-order valence-corrected chi connectivity index (χ4v) is 1.63. The summed E-state index contributed by atoms with van der Waals surface area (Å²) in [5, 5.41) is 11.2. The number of carbonyl (C=O) groups is 1. The van der Waals surface area contributed by atoms with Crippen LogP contribution >= 0.6 is 0 Å². The Bertz CT molecular complexity index is 516. The maximum atomic E-state index is 12.1. The molecular formula is C11H10N4O. The Labute approximate surface area is 92.1 Å². The maximum absolute atomic E-state index is 12.1. The van der Waals surface area contributed by atoms with Gasteiger partial charge in [-0.2, -0.15) is 0 Å². The van der Waals surface area contributed by atoms with Crippen molar-refractivity contribution in [2.75, 3.05) is 0 Å². The van der Waals surface area contributed by atoms with Crippen LogP contribution in [0, 0.1) is 0 Å². The van der Waals surface area contributed by atoms with Crippen LogP contribution in [0.15, 0.2) is 30.3 Å². The van der Waals surface area contributed by atoms with E-state index in [1.165, 1.54) is 0 Å². The van der Waals surface area contributed by atoms with Gasteiger partial charge in [-0.25, -0.2) is 4.68 Å². The standard InChI is InChI=1S/C11H10N4O/c16-10(8-4-2-1-3-5-8)11-12-13-14-15(11)9-6-7-9/h1-5,9H,6-7H2. The highest BCUT2D eigenvalue weighted by molar-refractivity contribution is 6.06. The first-order chi connectivity index (χ1) is 7.86. The summed E-state index contributed by atoms with van der Waals surface area (Å²) in [6.07, 6.45) is 2.11. The summed E-state index contributed by atoms with van der Waals surface area (Å²) in [4.78, 5) is 12.1. The first kappa shape index (κ1) is 9.21. The Kier molecular flexibility index (Phi) is 2.02. The summed E-state index contributed by atoms with van der Waals surface area (Å²) in [6.45, 7) is 0. The zero-order chi connectivity index (χ0) is 11.0. The second kappa shape index (κ2) is 3.52. The largest absolute Gasteiger partial charge is 0.285 e. The molecule has 0 atom stereocenters. The molecule has 3 rings (SSSR count). The predicted molar refractivity (Wildman–Crippen MR) is 56.0 cm³/mol. The lowest BCUT2D eigenvalue weighted by Gasteiger charge is -2.01. The molecule has 5 heteroatoms. The quantitative estimate of drug-likeness (QED) is 0.721. The van der Waals surface area contributed by atoms with Gasteiger partial charge >= 0.3 is 0 Å². The first-order valence-electron chi connectivity index (χ1n) is 5.24. The summed E-state index contributed by atoms with van der Waals surface area (Å²) in [5.74, 6) is 0.228. The molecule has 0 N–H and O–H groups in total. The van der Waals surface area contributed by atoms with Crippen molar-refractivity contribution in [1.29, 1.82) is 0 Å². The highest BCUT2D eigenvalue weighted by Crippen LogP contribution is 2.34. The lowest BCUT2D eigenvalue weighted by molar-refractivity contribution is 0.102. The molecule has 0 amide bonds. The van der Waals surface area contributed by atoms with Crippen LogP contribution < -0.4 is 0 Å². The fraction of sp³-hybridized carbons (Fsp3) is 0.273. The minimum Gasteiger partial charge on any atom is -0.285 e. The van der Waals surface area contributed by atoms with Crippen molar-refractivity contribution in [2.45, 2.75) is 18.9 Å². The van der Waals surface area contributed by atoms with Gasteiger partial charge in [0.2, 0.25) is 11.6 Å². The van der Waals surface area contributed by atoms with Crippen LogP contribution in [0.4, 0.5) is 0 Å². The van der Waals surface area contributed by atoms with E-state index < -0.39 is 0 Å². The number of aromatic nitrogens is 4. The zero-order valence-electron chi connectivity index (χ0n) is 8.58. The van der Waals surface area contributed by atoms with Crippen molar-refractivity contribution in [1.82, 2.24) is 20.2 Å². The van der Waals surface area contributed by atoms with Gasteiger partial charge in [-0.1, -0.05) is 30.3 Å². The molecule has 80 valence electrons. The lowest BCUT2D eigenvalue weighted by Crippen LogP contribution is -2.11. The van der Waals surface area contributed by atoms with Crippen LogP contribution in [0.2, 0.25) is 0 Å². The van der Waals surface area contributed by atoms with E-state index in [1.54, 1.807) is 16.8 Å². The molecule has 0 saturated heterocycles. The number of carbonyl (C=O) groups excluding carboxylic acids is 1. The van der Waals surface area contributed by atoms with Gasteiger partial charge in [-0.05, 0) is 23.3 Å². The highest BCUT2D eigenvalue weighted by Gasteiger charge is 2.30. The summed E-state index contributed by atoms with van der Waals surface area (Å²) in [7, 11) is 0. The molecule has 0 radical (unpaired) electrons. The van der Waals surface area contributed by atoms with E-state index in [-0.39, 0.29) is 5.78 Å². The fourth-order valence-electron chi connectivity index (χ4n) is 1.63. The van der Waals surface area contributed by atoms with Gasteiger partial charge in [0, 0.05) is 5.56 Å². The number of hydrogen-bond donors (Lipinski definition) is 0. The van der Waals surface area contributed by atoms with Crippen molar-refractivity contribution in [3.05, 3.63) is 41.7 Å². The van der Waals surface area contributed by atoms with Gasteiger partial charge in [0.15, 0.2) is 0 Å². The summed E-state index contributed by atoms with van der Waals surface area (Å²) in [6, 6.07) is 9.40. The Balaban J connectivity index is 1.97. The molecule has 1 aromatic carbocycles. The highest BCUT2D eigenvalue weighted by atomic mass is 16.1. The number of tetrazole rings is 1. The molecule has 16 heavy (non-hydrogen) atoms. The van der Waals surface area contributed by atoms with Crippen molar-refractivity contribution < 1.29 is 4.79 Å². The van der Waals surface area contributed by atoms with Crippen molar-refractivity contribution in [3.8, 4) is 0 Å². The molecule has 1 heterocycles. The molecule has 2 aromatic rings. The van der Waals surface area contributed by atoms with Gasteiger partial charge in [0.1, 0.15) is 0 Å². The van der Waals surface area contributed by atoms with Crippen LogP contribution in [0.1, 0.15) is 35.1 Å². The maximum Gasteiger partial charge on any atom is 0.231 e. The average molecular weight is 214 g/mol. The molecular weight excluding hydrogens is 204 g/mol. The van der Waals surface area contributed by atoms with Crippen LogP contribution in [-0.2, 0) is 0 Å². The number of nitrogens with zero attached hydrogens (tertiary/aromatic N) is 4. The Morgan fingerprint density at radius 2 is 2.00 bits per heavy atom. The third kappa shape index (κ3) is 1.50. The minimum absolute atomic E-state index is 0.113. The molecule has 1 fully saturated rings. The van der Waals surface area contributed by atoms with E-state index in [4.69, 9.17) is 0 Å². The molecule has 1 saturated carbocycles. The third-order valence-electron chi connectivity index (χ3n) is 2.62. The van der Waals surface area contributed by atoms with E-state index in [0.29, 0.717) is 17.4 Å². The molecule has 0 bridgehead atoms. The van der Waals surface area contributed by atoms with E-state index >= 15 is 0 Å². The zero-order valence-corrected chi connectivity index (χ0v) is 8.58. The molecule has 0 spiro atoms. The summed E-state index contributed by atoms with van der Waals surface area (Å²) < 4.78 is 1.63. The van der Waals surface area contributed by atoms with Gasteiger partial charge in [0.25, 0.3) is 0 Å². The van der Waals surface area contributed by atoms with E-state index in [1.807, 2.05) is 18.2 Å². The van der Waals surface area contributed by atoms with Gasteiger partial charge in [-0.15, -0.1) is 5.10 Å². The normalized spacial score (nSPS) is 15.0. The van der Waals surface area contributed by atoms with Gasteiger partial charge < -0.3 is 0 Å². The second-order valence-electron chi connectivity index (χ2n) is 3.87. The molecule has 1 aliphatic carbocycles. The van der Waals surface area contributed by atoms with Crippen LogP contribution in [-0.4, -0.2) is 26.0 Å². The number of benzene rings is 1. The third-order valence-corrected chi connectivity index (χ3v) is 2.62. The van der Waals surface area contributed by atoms with Crippen LogP contribution in [0.5, 0.6) is 0 Å². The monoisotopic (exact) mass is 214 g/mol. The second-order valence-corrected chi connectivity index (χ2v) is 3.87. The molecule has 1 aliphatic rings. The lowest BCUT2D eigenvalue weighted by atomic mass is 10.1. The molecule has 1 aromatic heterocycles. The number of ketones is 1. The smallest absolute Gasteiger partial charge is 0.231 e. The van der Waals surface area contributed by atoms with E-state index in [2.05, 4.69) is 15.5 Å². The minimum atomic E-state index is -0.113. The predicted octanol–water partition coefficient (Wildman–Crippen LogP) is 1.24. The van der Waals surface area contributed by atoms with Gasteiger partial charge in [-0.3, -0.25) is 4.79 Å². The Morgan fingerprint density at radius 1 is 1.25 bits per heavy atom. The molecule has 0 unspecified atom stereocenters. The average Bonchev–Trinajstić information content (AvgIpc) is 3.07. The topological polar surface area (TPSA) is 60.7 Å². The Hall–Kier alpha value is -2.04. The number of rotatable bonds is 3.